The Morgan fingerprint density at radius 2 is 1.92 bits per heavy atom. The molecule has 0 saturated heterocycles. The van der Waals surface area contributed by atoms with E-state index < -0.39 is 11.7 Å². The summed E-state index contributed by atoms with van der Waals surface area (Å²) in [5, 5.41) is 8.91. The van der Waals surface area contributed by atoms with Crippen LogP contribution in [0.2, 0.25) is 0 Å². The van der Waals surface area contributed by atoms with Crippen molar-refractivity contribution in [1.82, 2.24) is 0 Å². The zero-order chi connectivity index (χ0) is 9.35. The second kappa shape index (κ2) is 2.69. The van der Waals surface area contributed by atoms with Crippen molar-refractivity contribution in [3.05, 3.63) is 35.6 Å². The van der Waals surface area contributed by atoms with E-state index in [4.69, 9.17) is 5.11 Å². The molecule has 0 unspecified atom stereocenters. The quantitative estimate of drug-likeness (QED) is 0.601. The van der Waals surface area contributed by atoms with Crippen LogP contribution in [-0.4, -0.2) is 11.3 Å². The molecule has 0 amide bonds. The van der Waals surface area contributed by atoms with Gasteiger partial charge in [0.2, 0.25) is 0 Å². The van der Waals surface area contributed by atoms with Crippen LogP contribution in [-0.2, 0) is 0 Å². The standard InChI is InChI=1S/C8H7F3O/c1-5-4-6(8(9,10)11)2-3-7(5)12/h2-3,12H,1,4H2. The van der Waals surface area contributed by atoms with Gasteiger partial charge < -0.3 is 5.11 Å². The van der Waals surface area contributed by atoms with E-state index in [9.17, 15) is 13.2 Å². The Bertz CT molecular complexity index is 271. The first kappa shape index (κ1) is 8.90. The van der Waals surface area contributed by atoms with Gasteiger partial charge in [0, 0.05) is 12.0 Å². The summed E-state index contributed by atoms with van der Waals surface area (Å²) < 4.78 is 36.1. The lowest BCUT2D eigenvalue weighted by Gasteiger charge is -2.15. The minimum Gasteiger partial charge on any atom is -0.508 e. The van der Waals surface area contributed by atoms with Gasteiger partial charge in [-0.05, 0) is 11.6 Å². The first-order chi connectivity index (χ1) is 5.41. The van der Waals surface area contributed by atoms with Crippen molar-refractivity contribution >= 4 is 0 Å². The molecule has 1 aliphatic rings. The summed E-state index contributed by atoms with van der Waals surface area (Å²) in [5.41, 5.74) is -0.574. The van der Waals surface area contributed by atoms with Crippen LogP contribution in [0.15, 0.2) is 35.6 Å². The van der Waals surface area contributed by atoms with Gasteiger partial charge in [-0.3, -0.25) is 0 Å². The molecule has 4 heteroatoms. The highest BCUT2D eigenvalue weighted by atomic mass is 19.4. The molecule has 0 aliphatic heterocycles. The molecule has 1 aliphatic carbocycles. The summed E-state index contributed by atoms with van der Waals surface area (Å²) in [6, 6.07) is 0. The monoisotopic (exact) mass is 176 g/mol. The second-order valence-corrected chi connectivity index (χ2v) is 2.52. The van der Waals surface area contributed by atoms with Crippen LogP contribution in [0.4, 0.5) is 13.2 Å². The van der Waals surface area contributed by atoms with E-state index in [0.29, 0.717) is 0 Å². The van der Waals surface area contributed by atoms with Gasteiger partial charge in [-0.15, -0.1) is 0 Å². The predicted molar refractivity (Wildman–Crippen MR) is 38.6 cm³/mol. The van der Waals surface area contributed by atoms with Crippen molar-refractivity contribution in [2.75, 3.05) is 0 Å². The first-order valence-corrected chi connectivity index (χ1v) is 3.26. The largest absolute Gasteiger partial charge is 0.508 e. The van der Waals surface area contributed by atoms with Crippen LogP contribution in [0.3, 0.4) is 0 Å². The third-order valence-electron chi connectivity index (χ3n) is 1.57. The molecule has 66 valence electrons. The molecule has 0 aromatic carbocycles. The van der Waals surface area contributed by atoms with Crippen molar-refractivity contribution in [2.24, 2.45) is 0 Å². The number of hydrogen-bond acceptors (Lipinski definition) is 1. The summed E-state index contributed by atoms with van der Waals surface area (Å²) in [5.74, 6) is -0.178. The third kappa shape index (κ3) is 1.69. The van der Waals surface area contributed by atoms with E-state index in [1.165, 1.54) is 0 Å². The number of aliphatic hydroxyl groups excluding tert-OH is 1. The van der Waals surface area contributed by atoms with Gasteiger partial charge in [-0.25, -0.2) is 0 Å². The number of halogens is 3. The fourth-order valence-electron chi connectivity index (χ4n) is 0.871. The molecule has 0 atom stereocenters. The van der Waals surface area contributed by atoms with Crippen molar-refractivity contribution in [3.63, 3.8) is 0 Å². The number of allylic oxidation sites excluding steroid dienone is 4. The minimum atomic E-state index is -4.32. The Morgan fingerprint density at radius 3 is 2.33 bits per heavy atom. The van der Waals surface area contributed by atoms with E-state index in [-0.39, 0.29) is 17.8 Å². The van der Waals surface area contributed by atoms with Crippen molar-refractivity contribution in [2.45, 2.75) is 12.6 Å². The van der Waals surface area contributed by atoms with Crippen LogP contribution in [0.25, 0.3) is 0 Å². The maximum Gasteiger partial charge on any atom is 0.413 e. The molecule has 0 fully saturated rings. The number of rotatable bonds is 0. The SMILES string of the molecule is C=C1CC(C(F)(F)F)=CC=C1O. The average Bonchev–Trinajstić information content (AvgIpc) is 1.92. The molecule has 1 rings (SSSR count). The fraction of sp³-hybridized carbons (Fsp3) is 0.250. The highest BCUT2D eigenvalue weighted by Crippen LogP contribution is 2.33. The van der Waals surface area contributed by atoms with E-state index in [1.54, 1.807) is 0 Å². The van der Waals surface area contributed by atoms with Gasteiger partial charge in [0.15, 0.2) is 0 Å². The van der Waals surface area contributed by atoms with Gasteiger partial charge >= 0.3 is 6.18 Å². The Kier molecular flexibility index (Phi) is 2.00. The number of hydrogen-bond donors (Lipinski definition) is 1. The summed E-state index contributed by atoms with van der Waals surface area (Å²) >= 11 is 0. The minimum absolute atomic E-state index is 0.102. The molecule has 12 heavy (non-hydrogen) atoms. The zero-order valence-corrected chi connectivity index (χ0v) is 6.15. The number of alkyl halides is 3. The molecule has 0 bridgehead atoms. The summed E-state index contributed by atoms with van der Waals surface area (Å²) in [7, 11) is 0. The van der Waals surface area contributed by atoms with Crippen molar-refractivity contribution in [3.8, 4) is 0 Å². The third-order valence-corrected chi connectivity index (χ3v) is 1.57. The lowest BCUT2D eigenvalue weighted by atomic mass is 9.99. The average molecular weight is 176 g/mol. The predicted octanol–water partition coefficient (Wildman–Crippen LogP) is 2.88. The molecule has 0 radical (unpaired) electrons. The van der Waals surface area contributed by atoms with E-state index in [1.807, 2.05) is 0 Å². The zero-order valence-electron chi connectivity index (χ0n) is 6.15. The smallest absolute Gasteiger partial charge is 0.413 e. The lowest BCUT2D eigenvalue weighted by molar-refractivity contribution is -0.0933. The summed E-state index contributed by atoms with van der Waals surface area (Å²) in [6.45, 7) is 3.30. The normalized spacial score (nSPS) is 18.8. The van der Waals surface area contributed by atoms with Gasteiger partial charge in [0.05, 0.1) is 0 Å². The molecule has 0 saturated carbocycles. The van der Waals surface area contributed by atoms with Crippen molar-refractivity contribution < 1.29 is 18.3 Å². The van der Waals surface area contributed by atoms with E-state index >= 15 is 0 Å². The summed E-state index contributed by atoms with van der Waals surface area (Å²) in [4.78, 5) is 0. The van der Waals surface area contributed by atoms with Gasteiger partial charge in [-0.1, -0.05) is 12.7 Å². The Balaban J connectivity index is 2.92. The highest BCUT2D eigenvalue weighted by Gasteiger charge is 2.34. The molecule has 0 heterocycles. The molecular weight excluding hydrogens is 169 g/mol. The molecule has 0 spiro atoms. The Morgan fingerprint density at radius 1 is 1.33 bits per heavy atom. The fourth-order valence-corrected chi connectivity index (χ4v) is 0.871. The molecule has 0 aromatic heterocycles. The summed E-state index contributed by atoms with van der Waals surface area (Å²) in [6.07, 6.45) is -2.77. The molecule has 0 aromatic rings. The van der Waals surface area contributed by atoms with Crippen LogP contribution >= 0.6 is 0 Å². The highest BCUT2D eigenvalue weighted by molar-refractivity contribution is 5.38. The topological polar surface area (TPSA) is 20.2 Å². The Labute approximate surface area is 67.5 Å². The maximum absolute atomic E-state index is 12.0. The molecule has 1 nitrogen and oxygen atoms in total. The maximum atomic E-state index is 12.0. The van der Waals surface area contributed by atoms with E-state index in [2.05, 4.69) is 6.58 Å². The van der Waals surface area contributed by atoms with E-state index in [0.717, 1.165) is 12.2 Å². The first-order valence-electron chi connectivity index (χ1n) is 3.26. The van der Waals surface area contributed by atoms with Crippen LogP contribution in [0.1, 0.15) is 6.42 Å². The van der Waals surface area contributed by atoms with Crippen molar-refractivity contribution in [1.29, 1.82) is 0 Å². The van der Waals surface area contributed by atoms with Crippen LogP contribution in [0, 0.1) is 0 Å². The van der Waals surface area contributed by atoms with Crippen LogP contribution in [0.5, 0.6) is 0 Å². The second-order valence-electron chi connectivity index (χ2n) is 2.52. The van der Waals surface area contributed by atoms with Gasteiger partial charge in [0.1, 0.15) is 5.76 Å². The van der Waals surface area contributed by atoms with Gasteiger partial charge in [-0.2, -0.15) is 13.2 Å². The number of aliphatic hydroxyl groups is 1. The lowest BCUT2D eigenvalue weighted by Crippen LogP contribution is -2.14. The Hall–Kier alpha value is -1.19. The van der Waals surface area contributed by atoms with Crippen LogP contribution < -0.4 is 0 Å². The molecule has 1 N–H and O–H groups in total. The molecular formula is C8H7F3O. The van der Waals surface area contributed by atoms with Gasteiger partial charge in [0.25, 0.3) is 0 Å².